The number of nitrogens with zero attached hydrogens (tertiary/aromatic N) is 2. The van der Waals surface area contributed by atoms with Crippen molar-refractivity contribution < 1.29 is 4.42 Å². The van der Waals surface area contributed by atoms with Crippen molar-refractivity contribution in [2.75, 3.05) is 6.54 Å². The Morgan fingerprint density at radius 2 is 2.33 bits per heavy atom. The lowest BCUT2D eigenvalue weighted by Crippen LogP contribution is -2.20. The van der Waals surface area contributed by atoms with E-state index in [0.29, 0.717) is 6.54 Å². The molecule has 2 aromatic rings. The maximum Gasteiger partial charge on any atom is 0.127 e. The van der Waals surface area contributed by atoms with Gasteiger partial charge in [0, 0.05) is 12.2 Å². The first kappa shape index (κ1) is 9.98. The molecule has 4 heteroatoms. The molecule has 1 unspecified atom stereocenters. The van der Waals surface area contributed by atoms with Crippen molar-refractivity contribution in [1.82, 2.24) is 9.55 Å². The lowest BCUT2D eigenvalue weighted by molar-refractivity contribution is 0.428. The number of hydrogen-bond donors (Lipinski definition) is 1. The smallest absolute Gasteiger partial charge is 0.127 e. The first-order valence-electron chi connectivity index (χ1n) is 4.97. The maximum atomic E-state index is 5.77. The Morgan fingerprint density at radius 1 is 1.53 bits per heavy atom. The van der Waals surface area contributed by atoms with Gasteiger partial charge in [0.1, 0.15) is 11.8 Å². The second kappa shape index (κ2) is 3.90. The van der Waals surface area contributed by atoms with Crippen LogP contribution in [-0.2, 0) is 0 Å². The molecule has 0 aromatic carbocycles. The molecule has 0 saturated carbocycles. The van der Waals surface area contributed by atoms with E-state index >= 15 is 0 Å². The lowest BCUT2D eigenvalue weighted by Gasteiger charge is -2.15. The summed E-state index contributed by atoms with van der Waals surface area (Å²) in [7, 11) is 0. The third kappa shape index (κ3) is 1.68. The number of rotatable bonds is 3. The summed E-state index contributed by atoms with van der Waals surface area (Å²) in [6.45, 7) is 4.53. The number of imidazole rings is 1. The Kier molecular flexibility index (Phi) is 2.60. The predicted octanol–water partition coefficient (Wildman–Crippen LogP) is 1.64. The zero-order chi connectivity index (χ0) is 10.8. The van der Waals surface area contributed by atoms with Crippen LogP contribution in [0.2, 0.25) is 0 Å². The van der Waals surface area contributed by atoms with Crippen LogP contribution in [0.5, 0.6) is 0 Å². The summed E-state index contributed by atoms with van der Waals surface area (Å²) < 4.78 is 7.43. The SMILES string of the molecule is Cc1ncn(C(CN)c2ccco2)c1C. The summed E-state index contributed by atoms with van der Waals surface area (Å²) in [4.78, 5) is 4.26. The van der Waals surface area contributed by atoms with E-state index in [1.54, 1.807) is 6.26 Å². The number of nitrogens with two attached hydrogens (primary N) is 1. The maximum absolute atomic E-state index is 5.77. The third-order valence-electron chi connectivity index (χ3n) is 2.72. The summed E-state index contributed by atoms with van der Waals surface area (Å²) in [6, 6.07) is 3.85. The molecule has 0 spiro atoms. The highest BCUT2D eigenvalue weighted by atomic mass is 16.3. The average Bonchev–Trinajstić information content (AvgIpc) is 2.84. The fraction of sp³-hybridized carbons (Fsp3) is 0.364. The van der Waals surface area contributed by atoms with E-state index in [0.717, 1.165) is 17.1 Å². The molecule has 4 nitrogen and oxygen atoms in total. The van der Waals surface area contributed by atoms with Gasteiger partial charge >= 0.3 is 0 Å². The number of aromatic nitrogens is 2. The van der Waals surface area contributed by atoms with Crippen molar-refractivity contribution in [3.05, 3.63) is 41.9 Å². The zero-order valence-electron chi connectivity index (χ0n) is 8.97. The van der Waals surface area contributed by atoms with E-state index in [-0.39, 0.29) is 6.04 Å². The first-order valence-corrected chi connectivity index (χ1v) is 4.97. The first-order chi connectivity index (χ1) is 7.24. The topological polar surface area (TPSA) is 57.0 Å². The standard InChI is InChI=1S/C11H15N3O/c1-8-9(2)14(7-13-8)10(6-12)11-4-3-5-15-11/h3-5,7,10H,6,12H2,1-2H3. The van der Waals surface area contributed by atoms with Gasteiger partial charge in [-0.3, -0.25) is 0 Å². The molecular formula is C11H15N3O. The van der Waals surface area contributed by atoms with Crippen molar-refractivity contribution >= 4 is 0 Å². The summed E-state index contributed by atoms with van der Waals surface area (Å²) in [5.41, 5.74) is 7.92. The van der Waals surface area contributed by atoms with Gasteiger partial charge in [-0.1, -0.05) is 0 Å². The Bertz CT molecular complexity index is 431. The van der Waals surface area contributed by atoms with Gasteiger partial charge in [0.05, 0.1) is 18.3 Å². The van der Waals surface area contributed by atoms with Crippen molar-refractivity contribution in [2.24, 2.45) is 5.73 Å². The van der Waals surface area contributed by atoms with Gasteiger partial charge < -0.3 is 14.7 Å². The summed E-state index contributed by atoms with van der Waals surface area (Å²) in [5, 5.41) is 0. The highest BCUT2D eigenvalue weighted by Gasteiger charge is 2.16. The van der Waals surface area contributed by atoms with Gasteiger partial charge in [-0.25, -0.2) is 4.98 Å². The van der Waals surface area contributed by atoms with Crippen LogP contribution < -0.4 is 5.73 Å². The predicted molar refractivity (Wildman–Crippen MR) is 57.6 cm³/mol. The summed E-state index contributed by atoms with van der Waals surface area (Å²) in [6.07, 6.45) is 3.47. The molecular weight excluding hydrogens is 190 g/mol. The minimum atomic E-state index is 0.0428. The minimum absolute atomic E-state index is 0.0428. The summed E-state index contributed by atoms with van der Waals surface area (Å²) >= 11 is 0. The van der Waals surface area contributed by atoms with Gasteiger partial charge in [-0.15, -0.1) is 0 Å². The van der Waals surface area contributed by atoms with E-state index in [4.69, 9.17) is 10.2 Å². The monoisotopic (exact) mass is 205 g/mol. The third-order valence-corrected chi connectivity index (χ3v) is 2.72. The molecule has 0 radical (unpaired) electrons. The van der Waals surface area contributed by atoms with E-state index in [9.17, 15) is 0 Å². The molecule has 1 atom stereocenters. The lowest BCUT2D eigenvalue weighted by atomic mass is 10.2. The van der Waals surface area contributed by atoms with E-state index in [1.807, 2.05) is 36.9 Å². The minimum Gasteiger partial charge on any atom is -0.467 e. The molecule has 0 saturated heterocycles. The van der Waals surface area contributed by atoms with Crippen LogP contribution in [0.4, 0.5) is 0 Å². The van der Waals surface area contributed by atoms with E-state index < -0.39 is 0 Å². The van der Waals surface area contributed by atoms with E-state index in [2.05, 4.69) is 4.98 Å². The van der Waals surface area contributed by atoms with Gasteiger partial charge in [0.25, 0.3) is 0 Å². The highest BCUT2D eigenvalue weighted by molar-refractivity contribution is 5.15. The average molecular weight is 205 g/mol. The van der Waals surface area contributed by atoms with Crippen molar-refractivity contribution in [1.29, 1.82) is 0 Å². The second-order valence-corrected chi connectivity index (χ2v) is 3.59. The van der Waals surface area contributed by atoms with Gasteiger partial charge in [0.15, 0.2) is 0 Å². The molecule has 2 aromatic heterocycles. The Balaban J connectivity index is 2.40. The summed E-state index contributed by atoms with van der Waals surface area (Å²) in [5.74, 6) is 0.873. The fourth-order valence-electron chi connectivity index (χ4n) is 1.68. The molecule has 0 aliphatic carbocycles. The quantitative estimate of drug-likeness (QED) is 0.828. The molecule has 80 valence electrons. The van der Waals surface area contributed by atoms with Gasteiger partial charge in [-0.2, -0.15) is 0 Å². The van der Waals surface area contributed by atoms with E-state index in [1.165, 1.54) is 0 Å². The van der Waals surface area contributed by atoms with Crippen molar-refractivity contribution in [2.45, 2.75) is 19.9 Å². The van der Waals surface area contributed by atoms with Crippen LogP contribution >= 0.6 is 0 Å². The van der Waals surface area contributed by atoms with Crippen molar-refractivity contribution in [3.63, 3.8) is 0 Å². The number of hydrogen-bond acceptors (Lipinski definition) is 3. The van der Waals surface area contributed by atoms with Gasteiger partial charge in [-0.05, 0) is 26.0 Å². The fourth-order valence-corrected chi connectivity index (χ4v) is 1.68. The van der Waals surface area contributed by atoms with Crippen LogP contribution in [0.1, 0.15) is 23.2 Å². The molecule has 0 amide bonds. The van der Waals surface area contributed by atoms with Crippen LogP contribution in [-0.4, -0.2) is 16.1 Å². The molecule has 0 fully saturated rings. The molecule has 2 N–H and O–H groups in total. The normalized spacial score (nSPS) is 13.0. The molecule has 0 bridgehead atoms. The van der Waals surface area contributed by atoms with Gasteiger partial charge in [0.2, 0.25) is 0 Å². The second-order valence-electron chi connectivity index (χ2n) is 3.59. The molecule has 2 rings (SSSR count). The molecule has 0 aliphatic heterocycles. The largest absolute Gasteiger partial charge is 0.467 e. The van der Waals surface area contributed by atoms with Crippen LogP contribution in [0.25, 0.3) is 0 Å². The Hall–Kier alpha value is -1.55. The number of aryl methyl sites for hydroxylation is 1. The zero-order valence-corrected chi connectivity index (χ0v) is 8.97. The highest BCUT2D eigenvalue weighted by Crippen LogP contribution is 2.20. The molecule has 0 aliphatic rings. The molecule has 2 heterocycles. The Labute approximate surface area is 88.7 Å². The van der Waals surface area contributed by atoms with Crippen LogP contribution in [0, 0.1) is 13.8 Å². The van der Waals surface area contributed by atoms with Crippen LogP contribution in [0.15, 0.2) is 29.1 Å². The molecule has 15 heavy (non-hydrogen) atoms. The van der Waals surface area contributed by atoms with Crippen molar-refractivity contribution in [3.8, 4) is 0 Å². The van der Waals surface area contributed by atoms with Crippen LogP contribution in [0.3, 0.4) is 0 Å². The Morgan fingerprint density at radius 3 is 2.80 bits per heavy atom. The number of furan rings is 1.